The van der Waals surface area contributed by atoms with Crippen LogP contribution in [0.15, 0.2) is 82.0 Å². The third-order valence-electron chi connectivity index (χ3n) is 8.62. The van der Waals surface area contributed by atoms with Crippen LogP contribution in [0.2, 0.25) is 5.02 Å². The molecule has 0 spiro atoms. The van der Waals surface area contributed by atoms with E-state index in [1.54, 1.807) is 29.2 Å². The number of halogens is 1. The Balaban J connectivity index is 1.19. The molecule has 3 aromatic carbocycles. The number of phenols is 1. The summed E-state index contributed by atoms with van der Waals surface area (Å²) in [6, 6.07) is 19.1. The van der Waals surface area contributed by atoms with Gasteiger partial charge in [0.2, 0.25) is 5.91 Å². The number of nitrogens with one attached hydrogen (secondary N) is 1. The first kappa shape index (κ1) is 31.2. The van der Waals surface area contributed by atoms with Gasteiger partial charge in [0.1, 0.15) is 6.04 Å². The van der Waals surface area contributed by atoms with E-state index >= 15 is 0 Å². The van der Waals surface area contributed by atoms with Gasteiger partial charge in [-0.2, -0.15) is 0 Å². The van der Waals surface area contributed by atoms with Crippen molar-refractivity contribution in [2.75, 3.05) is 44.2 Å². The van der Waals surface area contributed by atoms with Crippen LogP contribution in [0, 0.1) is 0 Å². The van der Waals surface area contributed by atoms with Gasteiger partial charge < -0.3 is 29.5 Å². The second kappa shape index (κ2) is 13.7. The van der Waals surface area contributed by atoms with Crippen molar-refractivity contribution < 1.29 is 23.9 Å². The molecule has 0 bridgehead atoms. The molecule has 3 amide bonds. The molecule has 1 aromatic heterocycles. The minimum atomic E-state index is -0.974. The average Bonchev–Trinajstić information content (AvgIpc) is 3.09. The lowest BCUT2D eigenvalue weighted by molar-refractivity contribution is -0.133. The number of piperidine rings is 1. The van der Waals surface area contributed by atoms with E-state index in [9.17, 15) is 24.3 Å². The minimum Gasteiger partial charge on any atom is -0.504 e. The van der Waals surface area contributed by atoms with Crippen LogP contribution in [0.1, 0.15) is 45.7 Å². The third-order valence-corrected chi connectivity index (χ3v) is 8.88. The number of fused-ring (bicyclic) bond motifs is 1. The number of anilines is 1. The zero-order valence-electron chi connectivity index (χ0n) is 25.3. The molecule has 10 nitrogen and oxygen atoms in total. The predicted molar refractivity (Wildman–Crippen MR) is 176 cm³/mol. The molecule has 2 fully saturated rings. The van der Waals surface area contributed by atoms with Crippen molar-refractivity contribution in [2.24, 2.45) is 0 Å². The smallest absolute Gasteiger partial charge is 0.287 e. The first-order valence-electron chi connectivity index (χ1n) is 15.5. The summed E-state index contributed by atoms with van der Waals surface area (Å²) in [4.78, 5) is 59.2. The second-order valence-electron chi connectivity index (χ2n) is 11.7. The number of benzene rings is 3. The molecular weight excluding hydrogens is 608 g/mol. The van der Waals surface area contributed by atoms with Crippen LogP contribution in [0.5, 0.6) is 5.75 Å². The number of likely N-dealkylation sites (tertiary alicyclic amines) is 1. The number of nitrogens with zero attached hydrogens (tertiary/aromatic N) is 3. The highest BCUT2D eigenvalue weighted by Gasteiger charge is 2.31. The van der Waals surface area contributed by atoms with Crippen molar-refractivity contribution in [1.29, 1.82) is 0 Å². The van der Waals surface area contributed by atoms with Crippen molar-refractivity contribution in [3.63, 3.8) is 0 Å². The Morgan fingerprint density at radius 3 is 2.30 bits per heavy atom. The summed E-state index contributed by atoms with van der Waals surface area (Å²) in [7, 11) is 0. The lowest BCUT2D eigenvalue weighted by atomic mass is 10.0. The maximum absolute atomic E-state index is 14.0. The Hall–Kier alpha value is -4.83. The maximum atomic E-state index is 14.0. The maximum Gasteiger partial charge on any atom is 0.287 e. The summed E-state index contributed by atoms with van der Waals surface area (Å²) in [5.74, 6) is -1.58. The lowest BCUT2D eigenvalue weighted by Gasteiger charge is -2.38. The van der Waals surface area contributed by atoms with Gasteiger partial charge in [-0.15, -0.1) is 0 Å². The highest BCUT2D eigenvalue weighted by atomic mass is 35.5. The Morgan fingerprint density at radius 2 is 1.57 bits per heavy atom. The van der Waals surface area contributed by atoms with Gasteiger partial charge in [-0.25, -0.2) is 0 Å². The molecule has 2 aliphatic heterocycles. The zero-order chi connectivity index (χ0) is 32.2. The molecule has 46 heavy (non-hydrogen) atoms. The monoisotopic (exact) mass is 642 g/mol. The fourth-order valence-electron chi connectivity index (χ4n) is 6.15. The molecule has 4 aromatic rings. The number of rotatable bonds is 7. The number of aromatic hydroxyl groups is 1. The van der Waals surface area contributed by atoms with Crippen LogP contribution in [-0.2, 0) is 11.2 Å². The van der Waals surface area contributed by atoms with Crippen LogP contribution in [-0.4, -0.2) is 77.9 Å². The summed E-state index contributed by atoms with van der Waals surface area (Å²) in [5.41, 5.74) is 1.71. The highest BCUT2D eigenvalue weighted by molar-refractivity contribution is 6.30. The van der Waals surface area contributed by atoms with Crippen LogP contribution in [0.4, 0.5) is 5.69 Å². The molecule has 2 saturated heterocycles. The third kappa shape index (κ3) is 6.72. The van der Waals surface area contributed by atoms with E-state index in [1.165, 1.54) is 18.2 Å². The molecule has 0 aliphatic carbocycles. The molecule has 1 atom stereocenters. The van der Waals surface area contributed by atoms with E-state index in [4.69, 9.17) is 16.0 Å². The number of hydrogen-bond donors (Lipinski definition) is 2. The molecule has 0 unspecified atom stereocenters. The van der Waals surface area contributed by atoms with Crippen LogP contribution in [0.25, 0.3) is 11.0 Å². The second-order valence-corrected chi connectivity index (χ2v) is 12.1. The minimum absolute atomic E-state index is 0.0354. The highest BCUT2D eigenvalue weighted by Crippen LogP contribution is 2.26. The number of carbonyl (C=O) groups is 3. The molecular formula is C35H35ClN4O6. The van der Waals surface area contributed by atoms with Gasteiger partial charge in [-0.1, -0.05) is 41.9 Å². The Bertz CT molecular complexity index is 1810. The summed E-state index contributed by atoms with van der Waals surface area (Å²) in [5, 5.41) is 13.7. The molecule has 2 N–H and O–H groups in total. The normalized spacial score (nSPS) is 15.9. The number of phenolic OH excluding ortho intramolecular Hbond substituents is 1. The van der Waals surface area contributed by atoms with E-state index in [2.05, 4.69) is 10.2 Å². The van der Waals surface area contributed by atoms with Gasteiger partial charge >= 0.3 is 0 Å². The summed E-state index contributed by atoms with van der Waals surface area (Å²) in [6.45, 7) is 3.32. The van der Waals surface area contributed by atoms with Crippen molar-refractivity contribution in [1.82, 2.24) is 15.1 Å². The first-order valence-corrected chi connectivity index (χ1v) is 15.9. The van der Waals surface area contributed by atoms with E-state index in [0.717, 1.165) is 49.7 Å². The number of para-hydroxylation sites is 2. The fraction of sp³-hybridized carbons (Fsp3) is 0.314. The standard InChI is InChI=1S/C35H35ClN4O6/c36-24-13-11-23(12-14-24)21-27(37-33(43)31-22-30(42)26-8-6-10-29(41)32(26)46-31)35(45)40-19-17-38(18-20-40)28-9-3-2-7-25(28)34(44)39-15-4-1-5-16-39/h2-3,6-14,22,27,41H,1,4-5,15-21H2,(H,37,43)/t27-/m1/s1. The number of piperazine rings is 1. The van der Waals surface area contributed by atoms with Gasteiger partial charge in [0.05, 0.1) is 10.9 Å². The molecule has 238 valence electrons. The average molecular weight is 643 g/mol. The van der Waals surface area contributed by atoms with Gasteiger partial charge in [-0.3, -0.25) is 19.2 Å². The van der Waals surface area contributed by atoms with Gasteiger partial charge in [-0.05, 0) is 61.2 Å². The van der Waals surface area contributed by atoms with Crippen LogP contribution < -0.4 is 15.6 Å². The Kier molecular flexibility index (Phi) is 9.25. The van der Waals surface area contributed by atoms with Gasteiger partial charge in [0, 0.05) is 62.5 Å². The van der Waals surface area contributed by atoms with Crippen LogP contribution in [0.3, 0.4) is 0 Å². The van der Waals surface area contributed by atoms with E-state index in [0.29, 0.717) is 36.8 Å². The first-order chi connectivity index (χ1) is 22.3. The summed E-state index contributed by atoms with van der Waals surface area (Å²) < 4.78 is 5.62. The topological polar surface area (TPSA) is 123 Å². The number of carbonyl (C=O) groups excluding carboxylic acids is 3. The number of hydrogen-bond acceptors (Lipinski definition) is 7. The van der Waals surface area contributed by atoms with E-state index in [1.807, 2.05) is 29.2 Å². The van der Waals surface area contributed by atoms with Gasteiger partial charge in [0.25, 0.3) is 11.8 Å². The van der Waals surface area contributed by atoms with Crippen LogP contribution >= 0.6 is 11.6 Å². The largest absolute Gasteiger partial charge is 0.504 e. The Labute approximate surface area is 271 Å². The van der Waals surface area contributed by atoms with Crippen molar-refractivity contribution in [3.05, 3.63) is 105 Å². The molecule has 11 heteroatoms. The molecule has 0 radical (unpaired) electrons. The predicted octanol–water partition coefficient (Wildman–Crippen LogP) is 4.47. The van der Waals surface area contributed by atoms with Crippen molar-refractivity contribution >= 4 is 46.0 Å². The van der Waals surface area contributed by atoms with E-state index < -0.39 is 17.4 Å². The zero-order valence-corrected chi connectivity index (χ0v) is 26.0. The van der Waals surface area contributed by atoms with E-state index in [-0.39, 0.29) is 40.7 Å². The Morgan fingerprint density at radius 1 is 0.848 bits per heavy atom. The molecule has 2 aliphatic rings. The number of amides is 3. The molecule has 0 saturated carbocycles. The molecule has 6 rings (SSSR count). The SMILES string of the molecule is O=C(N[C@H](Cc1ccc(Cl)cc1)C(=O)N1CCN(c2ccccc2C(=O)N2CCCCC2)CC1)c1cc(=O)c2cccc(O)c2o1. The van der Waals surface area contributed by atoms with Crippen molar-refractivity contribution in [2.45, 2.75) is 31.7 Å². The van der Waals surface area contributed by atoms with Gasteiger partial charge in [0.15, 0.2) is 22.5 Å². The van der Waals surface area contributed by atoms with Crippen molar-refractivity contribution in [3.8, 4) is 5.75 Å². The fourth-order valence-corrected chi connectivity index (χ4v) is 6.27. The molecule has 3 heterocycles. The summed E-state index contributed by atoms with van der Waals surface area (Å²) >= 11 is 6.08. The lowest BCUT2D eigenvalue weighted by Crippen LogP contribution is -2.56. The quantitative estimate of drug-likeness (QED) is 0.305. The summed E-state index contributed by atoms with van der Waals surface area (Å²) in [6.07, 6.45) is 3.34.